The molecule has 3 rings (SSSR count). The largest absolute Gasteiger partial charge is 0.332 e. The minimum absolute atomic E-state index is 0.00362. The smallest absolute Gasteiger partial charge is 0.255 e. The average molecular weight is 397 g/mol. The number of rotatable bonds is 6. The van der Waals surface area contributed by atoms with E-state index in [1.165, 1.54) is 0 Å². The van der Waals surface area contributed by atoms with Crippen LogP contribution >= 0.6 is 0 Å². The van der Waals surface area contributed by atoms with Gasteiger partial charge in [0.1, 0.15) is 0 Å². The van der Waals surface area contributed by atoms with Crippen molar-refractivity contribution in [1.82, 2.24) is 4.90 Å². The molecule has 0 aromatic heterocycles. The van der Waals surface area contributed by atoms with Gasteiger partial charge in [0.15, 0.2) is 0 Å². The molecule has 1 N–H and O–H groups in total. The predicted octanol–water partition coefficient (Wildman–Crippen LogP) is 4.86. The van der Waals surface area contributed by atoms with Crippen molar-refractivity contribution in [2.45, 2.75) is 26.4 Å². The molecule has 2 amide bonds. The van der Waals surface area contributed by atoms with E-state index in [-0.39, 0.29) is 17.9 Å². The molecule has 3 aromatic rings. The van der Waals surface area contributed by atoms with Crippen molar-refractivity contribution in [3.05, 3.63) is 101 Å². The summed E-state index contributed by atoms with van der Waals surface area (Å²) in [5, 5.41) is 11.8. The highest BCUT2D eigenvalue weighted by molar-refractivity contribution is 6.06. The van der Waals surface area contributed by atoms with Crippen LogP contribution in [-0.2, 0) is 6.54 Å². The van der Waals surface area contributed by atoms with Crippen LogP contribution in [0, 0.1) is 11.3 Å². The highest BCUT2D eigenvalue weighted by Gasteiger charge is 2.20. The zero-order valence-electron chi connectivity index (χ0n) is 17.0. The van der Waals surface area contributed by atoms with Crippen LogP contribution in [0.5, 0.6) is 0 Å². The molecule has 5 heteroatoms. The number of hydrogen-bond acceptors (Lipinski definition) is 3. The molecule has 0 unspecified atom stereocenters. The summed E-state index contributed by atoms with van der Waals surface area (Å²) >= 11 is 0. The van der Waals surface area contributed by atoms with E-state index in [2.05, 4.69) is 5.32 Å². The Hall–Kier alpha value is -3.91. The van der Waals surface area contributed by atoms with E-state index in [9.17, 15) is 9.59 Å². The fourth-order valence-electron chi connectivity index (χ4n) is 3.10. The van der Waals surface area contributed by atoms with Gasteiger partial charge in [-0.1, -0.05) is 42.5 Å². The van der Waals surface area contributed by atoms with Crippen LogP contribution in [0.1, 0.15) is 45.7 Å². The first kappa shape index (κ1) is 20.8. The van der Waals surface area contributed by atoms with Crippen LogP contribution in [0.15, 0.2) is 78.9 Å². The molecular formula is C25H23N3O2. The first-order valence-electron chi connectivity index (χ1n) is 9.74. The topological polar surface area (TPSA) is 73.2 Å². The molecule has 0 bridgehead atoms. The Bertz CT molecular complexity index is 1080. The number of carbonyl (C=O) groups is 2. The predicted molar refractivity (Wildman–Crippen MR) is 117 cm³/mol. The first-order chi connectivity index (χ1) is 14.5. The lowest BCUT2D eigenvalue weighted by atomic mass is 10.1. The summed E-state index contributed by atoms with van der Waals surface area (Å²) in [6, 6.07) is 25.3. The van der Waals surface area contributed by atoms with Crippen LogP contribution in [0.4, 0.5) is 5.69 Å². The number of hydrogen-bond donors (Lipinski definition) is 1. The number of nitriles is 1. The second kappa shape index (κ2) is 9.53. The van der Waals surface area contributed by atoms with E-state index in [1.54, 1.807) is 53.4 Å². The van der Waals surface area contributed by atoms with E-state index in [1.807, 2.05) is 50.2 Å². The van der Waals surface area contributed by atoms with E-state index in [0.717, 1.165) is 5.56 Å². The standard InChI is InChI=1S/C25H23N3O2/c1-18(2)28(17-19-8-4-3-5-9-19)25(30)22-12-7-11-21(15-22)24(29)27-23-13-6-10-20(14-23)16-26/h3-15,18H,17H2,1-2H3,(H,27,29). The highest BCUT2D eigenvalue weighted by Crippen LogP contribution is 2.16. The molecular weight excluding hydrogens is 374 g/mol. The van der Waals surface area contributed by atoms with Crippen molar-refractivity contribution < 1.29 is 9.59 Å². The van der Waals surface area contributed by atoms with Crippen LogP contribution in [0.2, 0.25) is 0 Å². The maximum atomic E-state index is 13.2. The quantitative estimate of drug-likeness (QED) is 0.645. The van der Waals surface area contributed by atoms with Gasteiger partial charge in [0.05, 0.1) is 11.6 Å². The van der Waals surface area contributed by atoms with Crippen molar-refractivity contribution in [3.8, 4) is 6.07 Å². The van der Waals surface area contributed by atoms with Crippen molar-refractivity contribution in [1.29, 1.82) is 5.26 Å². The lowest BCUT2D eigenvalue weighted by Crippen LogP contribution is -2.36. The number of nitrogens with zero attached hydrogens (tertiary/aromatic N) is 2. The molecule has 5 nitrogen and oxygen atoms in total. The van der Waals surface area contributed by atoms with E-state index < -0.39 is 0 Å². The molecule has 0 saturated heterocycles. The van der Waals surface area contributed by atoms with Gasteiger partial charge in [0.25, 0.3) is 11.8 Å². The van der Waals surface area contributed by atoms with E-state index >= 15 is 0 Å². The normalized spacial score (nSPS) is 10.3. The third-order valence-electron chi connectivity index (χ3n) is 4.70. The second-order valence-electron chi connectivity index (χ2n) is 7.24. The molecule has 0 spiro atoms. The highest BCUT2D eigenvalue weighted by atomic mass is 16.2. The Balaban J connectivity index is 1.79. The summed E-state index contributed by atoms with van der Waals surface area (Å²) in [6.07, 6.45) is 0. The Morgan fingerprint density at radius 2 is 1.63 bits per heavy atom. The summed E-state index contributed by atoms with van der Waals surface area (Å²) in [4.78, 5) is 27.6. The van der Waals surface area contributed by atoms with Gasteiger partial charge in [-0.3, -0.25) is 9.59 Å². The van der Waals surface area contributed by atoms with Crippen molar-refractivity contribution >= 4 is 17.5 Å². The third-order valence-corrected chi connectivity index (χ3v) is 4.70. The maximum absolute atomic E-state index is 13.2. The van der Waals surface area contributed by atoms with Gasteiger partial charge >= 0.3 is 0 Å². The summed E-state index contributed by atoms with van der Waals surface area (Å²) in [7, 11) is 0. The minimum Gasteiger partial charge on any atom is -0.332 e. The SMILES string of the molecule is CC(C)N(Cc1ccccc1)C(=O)c1cccc(C(=O)Nc2cccc(C#N)c2)c1. The Kier molecular flexibility index (Phi) is 6.61. The number of carbonyl (C=O) groups excluding carboxylic acids is 2. The first-order valence-corrected chi connectivity index (χ1v) is 9.74. The zero-order valence-corrected chi connectivity index (χ0v) is 17.0. The Morgan fingerprint density at radius 1 is 0.933 bits per heavy atom. The molecule has 0 saturated carbocycles. The van der Waals surface area contributed by atoms with Crippen molar-refractivity contribution in [2.75, 3.05) is 5.32 Å². The zero-order chi connectivity index (χ0) is 21.5. The van der Waals surface area contributed by atoms with Crippen LogP contribution in [0.25, 0.3) is 0 Å². The summed E-state index contributed by atoms with van der Waals surface area (Å²) in [6.45, 7) is 4.44. The van der Waals surface area contributed by atoms with Crippen LogP contribution in [-0.4, -0.2) is 22.8 Å². The maximum Gasteiger partial charge on any atom is 0.255 e. The minimum atomic E-state index is -0.334. The van der Waals surface area contributed by atoms with Crippen LogP contribution < -0.4 is 5.32 Å². The molecule has 0 fully saturated rings. The lowest BCUT2D eigenvalue weighted by Gasteiger charge is -2.27. The van der Waals surface area contributed by atoms with Crippen molar-refractivity contribution in [2.24, 2.45) is 0 Å². The third kappa shape index (κ3) is 5.12. The van der Waals surface area contributed by atoms with Gasteiger partial charge in [-0.15, -0.1) is 0 Å². The number of anilines is 1. The summed E-state index contributed by atoms with van der Waals surface area (Å²) in [5.74, 6) is -0.464. The monoisotopic (exact) mass is 397 g/mol. The molecule has 0 aliphatic rings. The molecule has 0 aliphatic heterocycles. The molecule has 0 atom stereocenters. The lowest BCUT2D eigenvalue weighted by molar-refractivity contribution is 0.0690. The Labute approximate surface area is 176 Å². The average Bonchev–Trinajstić information content (AvgIpc) is 2.77. The van der Waals surface area contributed by atoms with Gasteiger partial charge in [-0.05, 0) is 55.8 Å². The fourth-order valence-corrected chi connectivity index (χ4v) is 3.10. The van der Waals surface area contributed by atoms with E-state index in [0.29, 0.717) is 28.9 Å². The fraction of sp³-hybridized carbons (Fsp3) is 0.160. The molecule has 150 valence electrons. The summed E-state index contributed by atoms with van der Waals surface area (Å²) < 4.78 is 0. The Morgan fingerprint density at radius 3 is 2.33 bits per heavy atom. The van der Waals surface area contributed by atoms with Gasteiger partial charge in [0, 0.05) is 29.4 Å². The summed E-state index contributed by atoms with van der Waals surface area (Å²) in [5.41, 5.74) is 2.88. The molecule has 30 heavy (non-hydrogen) atoms. The molecule has 0 heterocycles. The van der Waals surface area contributed by atoms with Gasteiger partial charge in [-0.2, -0.15) is 5.26 Å². The molecule has 3 aromatic carbocycles. The van der Waals surface area contributed by atoms with Gasteiger partial charge in [-0.25, -0.2) is 0 Å². The van der Waals surface area contributed by atoms with Crippen LogP contribution in [0.3, 0.4) is 0 Å². The van der Waals surface area contributed by atoms with E-state index in [4.69, 9.17) is 5.26 Å². The number of nitrogens with one attached hydrogen (secondary N) is 1. The second-order valence-corrected chi connectivity index (χ2v) is 7.24. The molecule has 0 aliphatic carbocycles. The molecule has 0 radical (unpaired) electrons. The van der Waals surface area contributed by atoms with Crippen molar-refractivity contribution in [3.63, 3.8) is 0 Å². The number of amides is 2. The van der Waals surface area contributed by atoms with Gasteiger partial charge in [0.2, 0.25) is 0 Å². The number of benzene rings is 3. The van der Waals surface area contributed by atoms with Gasteiger partial charge < -0.3 is 10.2 Å².